The van der Waals surface area contributed by atoms with Crippen molar-refractivity contribution in [1.29, 1.82) is 0 Å². The summed E-state index contributed by atoms with van der Waals surface area (Å²) < 4.78 is 71.7. The minimum atomic E-state index is -4.31. The van der Waals surface area contributed by atoms with Gasteiger partial charge in [-0.3, -0.25) is 9.52 Å². The van der Waals surface area contributed by atoms with Gasteiger partial charge >= 0.3 is 10.2 Å². The zero-order valence-electron chi connectivity index (χ0n) is 19.9. The highest BCUT2D eigenvalue weighted by atomic mass is 32.2. The van der Waals surface area contributed by atoms with E-state index in [2.05, 4.69) is 4.98 Å². The molecule has 38 heavy (non-hydrogen) atoms. The topological polar surface area (TPSA) is 99.3 Å². The van der Waals surface area contributed by atoms with Crippen LogP contribution in [0.15, 0.2) is 60.8 Å². The number of ketones is 1. The highest BCUT2D eigenvalue weighted by molar-refractivity contribution is 7.90. The summed E-state index contributed by atoms with van der Waals surface area (Å²) in [7, 11) is -4.31. The van der Waals surface area contributed by atoms with Crippen LogP contribution >= 0.6 is 0 Å². The Morgan fingerprint density at radius 3 is 2.50 bits per heavy atom. The second kappa shape index (κ2) is 10.1. The molecular weight excluding hydrogens is 519 g/mol. The average Bonchev–Trinajstić information content (AvgIpc) is 3.53. The van der Waals surface area contributed by atoms with Crippen LogP contribution in [0, 0.1) is 11.6 Å². The lowest BCUT2D eigenvalue weighted by molar-refractivity contribution is -0.107. The molecule has 0 amide bonds. The quantitative estimate of drug-likeness (QED) is 0.248. The molecule has 0 spiro atoms. The number of carbonyl (C=O) groups excluding carboxylic acids is 2. The number of aldehydes is 1. The largest absolute Gasteiger partial charge is 0.360 e. The number of nitrogens with zero attached hydrogens (tertiary/aromatic N) is 1. The normalized spacial score (nSPS) is 16.1. The first kappa shape index (κ1) is 25.7. The van der Waals surface area contributed by atoms with E-state index in [-0.39, 0.29) is 31.5 Å². The van der Waals surface area contributed by atoms with Gasteiger partial charge in [0.2, 0.25) is 5.78 Å². The molecule has 1 aliphatic rings. The van der Waals surface area contributed by atoms with Gasteiger partial charge in [0.15, 0.2) is 5.82 Å². The van der Waals surface area contributed by atoms with Crippen LogP contribution in [0.25, 0.3) is 22.0 Å². The highest BCUT2D eigenvalue weighted by Crippen LogP contribution is 2.31. The fourth-order valence-electron chi connectivity index (χ4n) is 4.50. The van der Waals surface area contributed by atoms with Crippen molar-refractivity contribution >= 4 is 38.9 Å². The molecule has 4 aromatic rings. The Kier molecular flexibility index (Phi) is 6.80. The molecule has 2 N–H and O–H groups in total. The number of aromatic nitrogens is 1. The Labute approximate surface area is 216 Å². The Bertz CT molecular complexity index is 1650. The third-order valence-electron chi connectivity index (χ3n) is 6.52. The molecule has 5 rings (SSSR count). The molecule has 3 aromatic carbocycles. The Morgan fingerprint density at radius 2 is 1.82 bits per heavy atom. The lowest BCUT2D eigenvalue weighted by Gasteiger charge is -2.18. The molecule has 1 unspecified atom stereocenters. The number of hydrogen-bond donors (Lipinski definition) is 2. The van der Waals surface area contributed by atoms with Gasteiger partial charge in [-0.25, -0.2) is 13.2 Å². The molecule has 11 heteroatoms. The van der Waals surface area contributed by atoms with Crippen molar-refractivity contribution in [2.75, 3.05) is 17.8 Å². The van der Waals surface area contributed by atoms with Gasteiger partial charge in [-0.2, -0.15) is 12.7 Å². The first-order chi connectivity index (χ1) is 18.2. The summed E-state index contributed by atoms with van der Waals surface area (Å²) in [5.41, 5.74) is 1.42. The van der Waals surface area contributed by atoms with Gasteiger partial charge in [0.25, 0.3) is 0 Å². The Morgan fingerprint density at radius 1 is 1.08 bits per heavy atom. The van der Waals surface area contributed by atoms with E-state index in [1.807, 2.05) is 35.1 Å². The van der Waals surface area contributed by atoms with Crippen LogP contribution in [-0.2, 0) is 21.4 Å². The van der Waals surface area contributed by atoms with Crippen molar-refractivity contribution in [2.45, 2.75) is 19.0 Å². The van der Waals surface area contributed by atoms with Gasteiger partial charge in [-0.05, 0) is 47.4 Å². The molecule has 1 aromatic heterocycles. The molecule has 0 bridgehead atoms. The number of benzene rings is 3. The lowest BCUT2D eigenvalue weighted by atomic mass is 9.97. The summed E-state index contributed by atoms with van der Waals surface area (Å²) in [5.74, 6) is -3.50. The summed E-state index contributed by atoms with van der Waals surface area (Å²) in [5, 5.41) is 0.417. The second-order valence-electron chi connectivity index (χ2n) is 8.99. The van der Waals surface area contributed by atoms with Crippen LogP contribution in [0.3, 0.4) is 0 Å². The standard InChI is InChI=1S/C27H22F3N3O4S/c28-19-9-11-33(15-19)38(36,37)32-24-8-6-22(29)25(26(24)30)27(35)21-14-31-23-7-5-18(13-20(21)23)17-3-1-16(2-4-17)10-12-34/h1-8,12-14,19,31-32H,9-11,15H2. The number of H-pyrrole nitrogens is 1. The maximum absolute atomic E-state index is 15.4. The van der Waals surface area contributed by atoms with Crippen molar-refractivity contribution in [3.8, 4) is 11.1 Å². The van der Waals surface area contributed by atoms with Gasteiger partial charge in [0.05, 0.1) is 11.3 Å². The maximum atomic E-state index is 15.4. The van der Waals surface area contributed by atoms with Crippen LogP contribution in [-0.4, -0.2) is 49.0 Å². The van der Waals surface area contributed by atoms with Crippen molar-refractivity contribution in [1.82, 2.24) is 9.29 Å². The molecule has 0 radical (unpaired) electrons. The number of halogens is 3. The van der Waals surface area contributed by atoms with E-state index in [4.69, 9.17) is 0 Å². The predicted molar refractivity (Wildman–Crippen MR) is 137 cm³/mol. The molecular formula is C27H22F3N3O4S. The first-order valence-corrected chi connectivity index (χ1v) is 13.2. The fraction of sp³-hybridized carbons (Fsp3) is 0.185. The summed E-state index contributed by atoms with van der Waals surface area (Å²) in [6.07, 6.45) is 1.12. The third-order valence-corrected chi connectivity index (χ3v) is 8.01. The number of nitrogens with one attached hydrogen (secondary N) is 2. The number of rotatable bonds is 8. The van der Waals surface area contributed by atoms with Gasteiger partial charge < -0.3 is 9.78 Å². The van der Waals surface area contributed by atoms with Crippen LogP contribution in [0.5, 0.6) is 0 Å². The molecule has 196 valence electrons. The lowest BCUT2D eigenvalue weighted by Crippen LogP contribution is -2.34. The van der Waals surface area contributed by atoms with Crippen LogP contribution in [0.4, 0.5) is 18.9 Å². The number of aromatic amines is 1. The molecule has 0 saturated carbocycles. The Hall–Kier alpha value is -3.96. The van der Waals surface area contributed by atoms with Gasteiger partial charge in [0, 0.05) is 42.2 Å². The number of hydrogen-bond acceptors (Lipinski definition) is 4. The van der Waals surface area contributed by atoms with Crippen molar-refractivity contribution in [2.24, 2.45) is 0 Å². The molecule has 2 heterocycles. The van der Waals surface area contributed by atoms with Gasteiger partial charge in [-0.15, -0.1) is 0 Å². The maximum Gasteiger partial charge on any atom is 0.301 e. The molecule has 1 atom stereocenters. The molecule has 1 aliphatic heterocycles. The summed E-state index contributed by atoms with van der Waals surface area (Å²) >= 11 is 0. The third kappa shape index (κ3) is 4.82. The van der Waals surface area contributed by atoms with Crippen LogP contribution in [0.2, 0.25) is 0 Å². The predicted octanol–water partition coefficient (Wildman–Crippen LogP) is 4.79. The molecule has 7 nitrogen and oxygen atoms in total. The fourth-order valence-corrected chi connectivity index (χ4v) is 5.77. The zero-order chi connectivity index (χ0) is 27.0. The molecule has 0 aliphatic carbocycles. The SMILES string of the molecule is O=CCc1ccc(-c2ccc3[nH]cc(C(=O)c4c(F)ccc(NS(=O)(=O)N5CCC(F)C5)c4F)c3c2)cc1. The van der Waals surface area contributed by atoms with Crippen LogP contribution in [0.1, 0.15) is 27.9 Å². The van der Waals surface area contributed by atoms with E-state index in [1.54, 1.807) is 12.1 Å². The number of fused-ring (bicyclic) bond motifs is 1. The van der Waals surface area contributed by atoms with E-state index in [9.17, 15) is 26.8 Å². The van der Waals surface area contributed by atoms with Gasteiger partial charge in [-0.1, -0.05) is 30.3 Å². The number of anilines is 1. The Balaban J connectivity index is 1.49. The minimum Gasteiger partial charge on any atom is -0.360 e. The zero-order valence-corrected chi connectivity index (χ0v) is 20.7. The first-order valence-electron chi connectivity index (χ1n) is 11.8. The van der Waals surface area contributed by atoms with E-state index in [1.165, 1.54) is 6.20 Å². The summed E-state index contributed by atoms with van der Waals surface area (Å²) in [6, 6.07) is 14.2. The van der Waals surface area contributed by atoms with E-state index < -0.39 is 45.0 Å². The molecule has 1 saturated heterocycles. The second-order valence-corrected chi connectivity index (χ2v) is 10.7. The van der Waals surface area contributed by atoms with Crippen molar-refractivity contribution < 1.29 is 31.2 Å². The smallest absolute Gasteiger partial charge is 0.301 e. The van der Waals surface area contributed by atoms with E-state index in [0.29, 0.717) is 10.9 Å². The van der Waals surface area contributed by atoms with Gasteiger partial charge in [0.1, 0.15) is 18.3 Å². The summed E-state index contributed by atoms with van der Waals surface area (Å²) in [6.45, 7) is -0.454. The number of alkyl halides is 1. The average molecular weight is 542 g/mol. The van der Waals surface area contributed by atoms with Crippen molar-refractivity contribution in [3.63, 3.8) is 0 Å². The van der Waals surface area contributed by atoms with Crippen LogP contribution < -0.4 is 4.72 Å². The van der Waals surface area contributed by atoms with E-state index in [0.717, 1.165) is 39.4 Å². The monoisotopic (exact) mass is 541 g/mol. The molecule has 1 fully saturated rings. The summed E-state index contributed by atoms with van der Waals surface area (Å²) in [4.78, 5) is 27.0. The highest BCUT2D eigenvalue weighted by Gasteiger charge is 2.33. The number of carbonyl (C=O) groups is 2. The van der Waals surface area contributed by atoms with Crippen molar-refractivity contribution in [3.05, 3.63) is 89.1 Å². The van der Waals surface area contributed by atoms with E-state index >= 15 is 4.39 Å². The minimum absolute atomic E-state index is 0.00274.